The summed E-state index contributed by atoms with van der Waals surface area (Å²) in [6.07, 6.45) is 1.26. The van der Waals surface area contributed by atoms with Crippen molar-refractivity contribution in [1.82, 2.24) is 9.88 Å². The topological polar surface area (TPSA) is 63.4 Å². The minimum Gasteiger partial charge on any atom is -0.479 e. The van der Waals surface area contributed by atoms with Crippen LogP contribution in [-0.4, -0.2) is 43.2 Å². The molecule has 18 heavy (non-hydrogen) atoms. The van der Waals surface area contributed by atoms with Gasteiger partial charge < -0.3 is 20.7 Å². The Bertz CT molecular complexity index is 397. The zero-order valence-corrected chi connectivity index (χ0v) is 11.1. The molecule has 2 heterocycles. The standard InChI is InChI=1S/C13H22N4O/c1-3-17-7-6-10(9-17)8-15-12-5-4-11(14)13(16-12)18-2/h4-5,10H,3,6-9,14H2,1-2H3,(H,15,16). The van der Waals surface area contributed by atoms with E-state index < -0.39 is 0 Å². The third-order valence-electron chi connectivity index (χ3n) is 3.47. The number of nitrogens with one attached hydrogen (secondary N) is 1. The van der Waals surface area contributed by atoms with Crippen LogP contribution in [-0.2, 0) is 0 Å². The first-order chi connectivity index (χ1) is 8.72. The lowest BCUT2D eigenvalue weighted by Crippen LogP contribution is -2.22. The maximum Gasteiger partial charge on any atom is 0.238 e. The Morgan fingerprint density at radius 2 is 2.39 bits per heavy atom. The Balaban J connectivity index is 1.87. The van der Waals surface area contributed by atoms with E-state index in [9.17, 15) is 0 Å². The lowest BCUT2D eigenvalue weighted by Gasteiger charge is -2.14. The van der Waals surface area contributed by atoms with E-state index >= 15 is 0 Å². The minimum atomic E-state index is 0.488. The zero-order chi connectivity index (χ0) is 13.0. The van der Waals surface area contributed by atoms with Gasteiger partial charge in [0.15, 0.2) is 0 Å². The first-order valence-electron chi connectivity index (χ1n) is 6.49. The minimum absolute atomic E-state index is 0.488. The summed E-state index contributed by atoms with van der Waals surface area (Å²) >= 11 is 0. The van der Waals surface area contributed by atoms with Crippen molar-refractivity contribution >= 4 is 11.5 Å². The van der Waals surface area contributed by atoms with E-state index in [1.807, 2.05) is 12.1 Å². The van der Waals surface area contributed by atoms with Crippen LogP contribution in [0.5, 0.6) is 5.88 Å². The van der Waals surface area contributed by atoms with E-state index in [1.54, 1.807) is 7.11 Å². The van der Waals surface area contributed by atoms with Gasteiger partial charge in [-0.1, -0.05) is 6.92 Å². The number of hydrogen-bond donors (Lipinski definition) is 2. The largest absolute Gasteiger partial charge is 0.479 e. The van der Waals surface area contributed by atoms with Gasteiger partial charge in [0, 0.05) is 13.1 Å². The van der Waals surface area contributed by atoms with Gasteiger partial charge in [-0.25, -0.2) is 0 Å². The number of nitrogens with zero attached hydrogens (tertiary/aromatic N) is 2. The molecule has 0 aromatic carbocycles. The maximum atomic E-state index is 5.73. The number of likely N-dealkylation sites (tertiary alicyclic amines) is 1. The summed E-state index contributed by atoms with van der Waals surface area (Å²) in [5.41, 5.74) is 6.30. The number of hydrogen-bond acceptors (Lipinski definition) is 5. The molecule has 0 radical (unpaired) electrons. The summed E-state index contributed by atoms with van der Waals surface area (Å²) in [6.45, 7) is 6.69. The third kappa shape index (κ3) is 3.04. The average Bonchev–Trinajstić information content (AvgIpc) is 2.86. The lowest BCUT2D eigenvalue weighted by atomic mass is 10.1. The first kappa shape index (κ1) is 13.0. The summed E-state index contributed by atoms with van der Waals surface area (Å²) in [4.78, 5) is 6.79. The monoisotopic (exact) mass is 250 g/mol. The quantitative estimate of drug-likeness (QED) is 0.827. The highest BCUT2D eigenvalue weighted by atomic mass is 16.5. The molecule has 1 saturated heterocycles. The fraction of sp³-hybridized carbons (Fsp3) is 0.615. The smallest absolute Gasteiger partial charge is 0.238 e. The number of ether oxygens (including phenoxy) is 1. The molecule has 0 aliphatic carbocycles. The van der Waals surface area contributed by atoms with Crippen LogP contribution < -0.4 is 15.8 Å². The van der Waals surface area contributed by atoms with Gasteiger partial charge in [0.1, 0.15) is 5.82 Å². The molecular formula is C13H22N4O. The van der Waals surface area contributed by atoms with Crippen LogP contribution in [0.4, 0.5) is 11.5 Å². The van der Waals surface area contributed by atoms with E-state index in [4.69, 9.17) is 10.5 Å². The molecule has 1 fully saturated rings. The summed E-state index contributed by atoms with van der Waals surface area (Å²) in [6, 6.07) is 3.71. The Hall–Kier alpha value is -1.49. The highest BCUT2D eigenvalue weighted by Gasteiger charge is 2.20. The number of pyridine rings is 1. The number of nitrogens with two attached hydrogens (primary N) is 1. The SMILES string of the molecule is CCN1CCC(CNc2ccc(N)c(OC)n2)C1. The van der Waals surface area contributed by atoms with Crippen molar-refractivity contribution < 1.29 is 4.74 Å². The molecule has 5 nitrogen and oxygen atoms in total. The molecule has 1 aliphatic heterocycles. The molecule has 1 aromatic heterocycles. The van der Waals surface area contributed by atoms with E-state index in [0.717, 1.165) is 18.9 Å². The Morgan fingerprint density at radius 1 is 1.56 bits per heavy atom. The molecule has 1 unspecified atom stereocenters. The Kier molecular flexibility index (Phi) is 4.25. The van der Waals surface area contributed by atoms with E-state index in [1.165, 1.54) is 19.5 Å². The van der Waals surface area contributed by atoms with Gasteiger partial charge in [-0.2, -0.15) is 4.98 Å². The molecule has 2 rings (SSSR count). The van der Waals surface area contributed by atoms with Gasteiger partial charge in [0.25, 0.3) is 0 Å². The predicted molar refractivity (Wildman–Crippen MR) is 73.9 cm³/mol. The van der Waals surface area contributed by atoms with Crippen LogP contribution in [0.1, 0.15) is 13.3 Å². The van der Waals surface area contributed by atoms with Crippen molar-refractivity contribution in [2.24, 2.45) is 5.92 Å². The van der Waals surface area contributed by atoms with Crippen LogP contribution in [0.25, 0.3) is 0 Å². The van der Waals surface area contributed by atoms with Gasteiger partial charge >= 0.3 is 0 Å². The van der Waals surface area contributed by atoms with Crippen LogP contribution in [0.3, 0.4) is 0 Å². The fourth-order valence-corrected chi connectivity index (χ4v) is 2.33. The first-order valence-corrected chi connectivity index (χ1v) is 6.49. The molecule has 1 aliphatic rings. The van der Waals surface area contributed by atoms with E-state index in [2.05, 4.69) is 22.1 Å². The molecule has 1 aromatic rings. The van der Waals surface area contributed by atoms with Crippen molar-refractivity contribution in [2.45, 2.75) is 13.3 Å². The zero-order valence-electron chi connectivity index (χ0n) is 11.1. The van der Waals surface area contributed by atoms with Crippen molar-refractivity contribution in [3.05, 3.63) is 12.1 Å². The number of rotatable bonds is 5. The molecular weight excluding hydrogens is 228 g/mol. The highest BCUT2D eigenvalue weighted by molar-refractivity contribution is 5.53. The van der Waals surface area contributed by atoms with Gasteiger partial charge in [0.2, 0.25) is 5.88 Å². The third-order valence-corrected chi connectivity index (χ3v) is 3.47. The number of nitrogen functional groups attached to an aromatic ring is 1. The molecule has 0 amide bonds. The molecule has 100 valence electrons. The maximum absolute atomic E-state index is 5.73. The fourth-order valence-electron chi connectivity index (χ4n) is 2.33. The number of methoxy groups -OCH3 is 1. The number of anilines is 2. The molecule has 0 saturated carbocycles. The van der Waals surface area contributed by atoms with Crippen molar-refractivity contribution in [3.8, 4) is 5.88 Å². The van der Waals surface area contributed by atoms with E-state index in [-0.39, 0.29) is 0 Å². The molecule has 3 N–H and O–H groups in total. The van der Waals surface area contributed by atoms with Crippen LogP contribution in [0, 0.1) is 5.92 Å². The normalized spacial score (nSPS) is 20.0. The van der Waals surface area contributed by atoms with Gasteiger partial charge in [-0.15, -0.1) is 0 Å². The second-order valence-corrected chi connectivity index (χ2v) is 4.72. The predicted octanol–water partition coefficient (Wildman–Crippen LogP) is 1.43. The van der Waals surface area contributed by atoms with Crippen molar-refractivity contribution in [2.75, 3.05) is 44.3 Å². The average molecular weight is 250 g/mol. The summed E-state index contributed by atoms with van der Waals surface area (Å²) in [5, 5.41) is 3.36. The Morgan fingerprint density at radius 3 is 3.06 bits per heavy atom. The lowest BCUT2D eigenvalue weighted by molar-refractivity contribution is 0.345. The van der Waals surface area contributed by atoms with Crippen LogP contribution in [0.15, 0.2) is 12.1 Å². The molecule has 5 heteroatoms. The Labute approximate surface area is 108 Å². The molecule has 1 atom stereocenters. The van der Waals surface area contributed by atoms with Crippen LogP contribution >= 0.6 is 0 Å². The van der Waals surface area contributed by atoms with Gasteiger partial charge in [-0.05, 0) is 37.6 Å². The molecule has 0 bridgehead atoms. The number of aromatic nitrogens is 1. The summed E-state index contributed by atoms with van der Waals surface area (Å²) in [5.74, 6) is 2.02. The van der Waals surface area contributed by atoms with E-state index in [0.29, 0.717) is 17.5 Å². The van der Waals surface area contributed by atoms with Gasteiger partial charge in [0.05, 0.1) is 12.8 Å². The van der Waals surface area contributed by atoms with Gasteiger partial charge in [-0.3, -0.25) is 0 Å². The highest BCUT2D eigenvalue weighted by Crippen LogP contribution is 2.21. The van der Waals surface area contributed by atoms with Crippen molar-refractivity contribution in [1.29, 1.82) is 0 Å². The molecule has 0 spiro atoms. The van der Waals surface area contributed by atoms with Crippen molar-refractivity contribution in [3.63, 3.8) is 0 Å². The second kappa shape index (κ2) is 5.91. The second-order valence-electron chi connectivity index (χ2n) is 4.72. The summed E-state index contributed by atoms with van der Waals surface area (Å²) in [7, 11) is 1.58. The summed E-state index contributed by atoms with van der Waals surface area (Å²) < 4.78 is 5.11. The van der Waals surface area contributed by atoms with Crippen LogP contribution in [0.2, 0.25) is 0 Å².